The van der Waals surface area contributed by atoms with Gasteiger partial charge in [0.2, 0.25) is 0 Å². The molecule has 0 aromatic heterocycles. The van der Waals surface area contributed by atoms with Gasteiger partial charge in [0.25, 0.3) is 0 Å². The first-order valence-electron chi connectivity index (χ1n) is 9.68. The molecule has 0 aliphatic heterocycles. The zero-order valence-corrected chi connectivity index (χ0v) is 19.8. The lowest BCUT2D eigenvalue weighted by Crippen LogP contribution is -2.11. The highest BCUT2D eigenvalue weighted by molar-refractivity contribution is 9.10. The van der Waals surface area contributed by atoms with Crippen molar-refractivity contribution in [3.8, 4) is 11.5 Å². The van der Waals surface area contributed by atoms with Gasteiger partial charge in [-0.2, -0.15) is 8.42 Å². The number of halogens is 1. The molecule has 158 valence electrons. The number of para-hydroxylation sites is 1. The number of rotatable bonds is 10. The molecule has 0 unspecified atom stereocenters. The highest BCUT2D eigenvalue weighted by atomic mass is 79.9. The summed E-state index contributed by atoms with van der Waals surface area (Å²) in [6.07, 6.45) is 3.35. The summed E-state index contributed by atoms with van der Waals surface area (Å²) in [5.74, 6) is 1.09. The molecule has 0 bridgehead atoms. The third-order valence-corrected chi connectivity index (χ3v) is 7.19. The molecule has 0 fully saturated rings. The molecule has 30 heavy (non-hydrogen) atoms. The molecular weight excluding hydrogens is 484 g/mol. The quantitative estimate of drug-likeness (QED) is 0.220. The van der Waals surface area contributed by atoms with Gasteiger partial charge < -0.3 is 8.92 Å². The van der Waals surface area contributed by atoms with Crippen LogP contribution in [0, 0.1) is 0 Å². The zero-order valence-electron chi connectivity index (χ0n) is 16.6. The highest BCUT2D eigenvalue weighted by Gasteiger charge is 2.22. The highest BCUT2D eigenvalue weighted by Crippen LogP contribution is 2.36. The van der Waals surface area contributed by atoms with Crippen LogP contribution in [0.3, 0.4) is 0 Å². The van der Waals surface area contributed by atoms with E-state index in [1.807, 2.05) is 30.3 Å². The summed E-state index contributed by atoms with van der Waals surface area (Å²) in [4.78, 5) is 1.62. The minimum atomic E-state index is -3.99. The standard InChI is InChI=1S/C23H23BrO4S2/c1-2-3-7-16-27-19-11-13-21(14-12-19)29-22-15-10-18(24)17-23(22)30(25,26)28-20-8-5-4-6-9-20/h4-6,8-15,17H,2-3,7,16H2,1H3. The molecule has 3 rings (SSSR count). The largest absolute Gasteiger partial charge is 0.494 e. The van der Waals surface area contributed by atoms with Crippen molar-refractivity contribution in [2.45, 2.75) is 40.9 Å². The molecular formula is C23H23BrO4S2. The summed E-state index contributed by atoms with van der Waals surface area (Å²) in [7, 11) is -3.99. The summed E-state index contributed by atoms with van der Waals surface area (Å²) in [6, 6.07) is 21.3. The maximum absolute atomic E-state index is 12.9. The van der Waals surface area contributed by atoms with Crippen molar-refractivity contribution in [1.29, 1.82) is 0 Å². The van der Waals surface area contributed by atoms with Crippen molar-refractivity contribution >= 4 is 37.8 Å². The van der Waals surface area contributed by atoms with Gasteiger partial charge in [-0.1, -0.05) is 65.7 Å². The summed E-state index contributed by atoms with van der Waals surface area (Å²) in [5, 5.41) is 0. The summed E-state index contributed by atoms with van der Waals surface area (Å²) >= 11 is 4.72. The first-order chi connectivity index (χ1) is 14.5. The molecule has 4 nitrogen and oxygen atoms in total. The van der Waals surface area contributed by atoms with E-state index >= 15 is 0 Å². The lowest BCUT2D eigenvalue weighted by molar-refractivity contribution is 0.306. The van der Waals surface area contributed by atoms with Crippen LogP contribution >= 0.6 is 27.7 Å². The Morgan fingerprint density at radius 2 is 1.63 bits per heavy atom. The second kappa shape index (κ2) is 10.9. The predicted octanol–water partition coefficient (Wildman–Crippen LogP) is 6.94. The normalized spacial score (nSPS) is 11.3. The molecule has 0 heterocycles. The van der Waals surface area contributed by atoms with E-state index in [0.717, 1.165) is 29.9 Å². The van der Waals surface area contributed by atoms with Crippen LogP contribution in [0.4, 0.5) is 0 Å². The molecule has 7 heteroatoms. The van der Waals surface area contributed by atoms with E-state index in [-0.39, 0.29) is 10.6 Å². The van der Waals surface area contributed by atoms with Crippen molar-refractivity contribution in [2.75, 3.05) is 6.61 Å². The lowest BCUT2D eigenvalue weighted by atomic mass is 10.3. The van der Waals surface area contributed by atoms with Crippen LogP contribution in [0.5, 0.6) is 11.5 Å². The molecule has 0 saturated heterocycles. The molecule has 0 N–H and O–H groups in total. The fourth-order valence-electron chi connectivity index (χ4n) is 2.68. The first-order valence-corrected chi connectivity index (χ1v) is 12.7. The Hall–Kier alpha value is -1.96. The number of unbranched alkanes of at least 4 members (excludes halogenated alkanes) is 2. The van der Waals surface area contributed by atoms with Crippen LogP contribution in [0.15, 0.2) is 92.0 Å². The van der Waals surface area contributed by atoms with Gasteiger partial charge in [-0.25, -0.2) is 0 Å². The Bertz CT molecular complexity index is 1050. The summed E-state index contributed by atoms with van der Waals surface area (Å²) in [5.41, 5.74) is 0. The van der Waals surface area contributed by atoms with Crippen molar-refractivity contribution in [3.05, 3.63) is 77.3 Å². The maximum atomic E-state index is 12.9. The number of hydrogen-bond donors (Lipinski definition) is 0. The third-order valence-electron chi connectivity index (χ3n) is 4.19. The average molecular weight is 507 g/mol. The number of benzene rings is 3. The number of ether oxygens (including phenoxy) is 1. The summed E-state index contributed by atoms with van der Waals surface area (Å²) < 4.78 is 37.6. The summed E-state index contributed by atoms with van der Waals surface area (Å²) in [6.45, 7) is 2.86. The van der Waals surface area contributed by atoms with E-state index in [0.29, 0.717) is 16.0 Å². The minimum absolute atomic E-state index is 0.116. The third kappa shape index (κ3) is 6.52. The maximum Gasteiger partial charge on any atom is 0.340 e. The Kier molecular flexibility index (Phi) is 8.24. The average Bonchev–Trinajstić information content (AvgIpc) is 2.74. The van der Waals surface area contributed by atoms with Gasteiger partial charge in [-0.3, -0.25) is 0 Å². The van der Waals surface area contributed by atoms with Gasteiger partial charge in [0.15, 0.2) is 0 Å². The van der Waals surface area contributed by atoms with Crippen LogP contribution in [-0.2, 0) is 10.1 Å². The molecule has 3 aromatic rings. The molecule has 0 aliphatic rings. The Morgan fingerprint density at radius 1 is 0.900 bits per heavy atom. The lowest BCUT2D eigenvalue weighted by Gasteiger charge is -2.12. The van der Waals surface area contributed by atoms with E-state index in [1.165, 1.54) is 11.8 Å². The van der Waals surface area contributed by atoms with Gasteiger partial charge in [0, 0.05) is 14.3 Å². The van der Waals surface area contributed by atoms with Crippen LogP contribution in [-0.4, -0.2) is 15.0 Å². The predicted molar refractivity (Wildman–Crippen MR) is 124 cm³/mol. The van der Waals surface area contributed by atoms with Crippen molar-refractivity contribution in [2.24, 2.45) is 0 Å². The van der Waals surface area contributed by atoms with Crippen LogP contribution in [0.1, 0.15) is 26.2 Å². The van der Waals surface area contributed by atoms with E-state index in [4.69, 9.17) is 8.92 Å². The second-order valence-corrected chi connectivity index (χ2v) is 10.1. The fraction of sp³-hybridized carbons (Fsp3) is 0.217. The SMILES string of the molecule is CCCCCOc1ccc(Sc2ccc(Br)cc2S(=O)(=O)Oc2ccccc2)cc1. The van der Waals surface area contributed by atoms with E-state index in [9.17, 15) is 8.42 Å². The number of hydrogen-bond acceptors (Lipinski definition) is 5. The van der Waals surface area contributed by atoms with E-state index in [2.05, 4.69) is 22.9 Å². The van der Waals surface area contributed by atoms with Crippen molar-refractivity contribution < 1.29 is 17.3 Å². The van der Waals surface area contributed by atoms with Crippen LogP contribution < -0.4 is 8.92 Å². The molecule has 0 spiro atoms. The Balaban J connectivity index is 1.77. The fourth-order valence-corrected chi connectivity index (χ4v) is 5.49. The molecule has 0 radical (unpaired) electrons. The monoisotopic (exact) mass is 506 g/mol. The van der Waals surface area contributed by atoms with Crippen molar-refractivity contribution in [3.63, 3.8) is 0 Å². The topological polar surface area (TPSA) is 52.6 Å². The van der Waals surface area contributed by atoms with Gasteiger partial charge in [0.05, 0.1) is 6.61 Å². The zero-order chi connectivity index (χ0) is 21.4. The van der Waals surface area contributed by atoms with Crippen molar-refractivity contribution in [1.82, 2.24) is 0 Å². The Morgan fingerprint density at radius 3 is 2.33 bits per heavy atom. The molecule has 0 amide bonds. The smallest absolute Gasteiger partial charge is 0.340 e. The Labute approximate surface area is 190 Å². The van der Waals surface area contributed by atoms with Gasteiger partial charge >= 0.3 is 10.1 Å². The van der Waals surface area contributed by atoms with Gasteiger partial charge in [0.1, 0.15) is 16.4 Å². The van der Waals surface area contributed by atoms with E-state index < -0.39 is 10.1 Å². The minimum Gasteiger partial charge on any atom is -0.494 e. The molecule has 3 aromatic carbocycles. The van der Waals surface area contributed by atoms with Crippen LogP contribution in [0.25, 0.3) is 0 Å². The first kappa shape index (κ1) is 22.7. The van der Waals surface area contributed by atoms with E-state index in [1.54, 1.807) is 42.5 Å². The molecule has 0 aliphatic carbocycles. The van der Waals surface area contributed by atoms with Gasteiger partial charge in [-0.15, -0.1) is 0 Å². The van der Waals surface area contributed by atoms with Crippen LogP contribution in [0.2, 0.25) is 0 Å². The van der Waals surface area contributed by atoms with Gasteiger partial charge in [-0.05, 0) is 61.0 Å². The molecule has 0 atom stereocenters. The second-order valence-electron chi connectivity index (χ2n) is 6.57. The molecule has 0 saturated carbocycles.